The first-order valence-electron chi connectivity index (χ1n) is 10.4. The zero-order valence-corrected chi connectivity index (χ0v) is 20.3. The van der Waals surface area contributed by atoms with Crippen LogP contribution in [0.5, 0.6) is 0 Å². The van der Waals surface area contributed by atoms with E-state index < -0.39 is 0 Å². The maximum atomic E-state index is 2.20. The zero-order chi connectivity index (χ0) is 19.3. The molecule has 3 heteroatoms. The molecule has 0 spiro atoms. The second-order valence-corrected chi connectivity index (χ2v) is 7.26. The molecule has 4 aromatic rings. The molecule has 0 bridgehead atoms. The molecule has 0 atom stereocenters. The number of aryl methyl sites for hydroxylation is 4. The van der Waals surface area contributed by atoms with Crippen molar-refractivity contribution in [2.75, 3.05) is 0 Å². The Morgan fingerprint density at radius 3 is 1.10 bits per heavy atom. The third-order valence-electron chi connectivity index (χ3n) is 5.01. The molecule has 160 valence electrons. The molecule has 0 saturated heterocycles. The van der Waals surface area contributed by atoms with E-state index in [0.29, 0.717) is 0 Å². The summed E-state index contributed by atoms with van der Waals surface area (Å²) in [5.74, 6) is 0. The summed E-state index contributed by atoms with van der Waals surface area (Å²) in [5.41, 5.74) is 5.81. The summed E-state index contributed by atoms with van der Waals surface area (Å²) in [5, 5.41) is 0. The van der Waals surface area contributed by atoms with Crippen molar-refractivity contribution >= 4 is 0 Å². The Morgan fingerprint density at radius 2 is 0.774 bits per heavy atom. The van der Waals surface area contributed by atoms with E-state index in [9.17, 15) is 0 Å². The van der Waals surface area contributed by atoms with Crippen molar-refractivity contribution in [3.63, 3.8) is 0 Å². The van der Waals surface area contributed by atoms with Gasteiger partial charge in [-0.3, -0.25) is 0 Å². The van der Waals surface area contributed by atoms with E-state index in [1.54, 1.807) is 0 Å². The minimum absolute atomic E-state index is 0. The van der Waals surface area contributed by atoms with Gasteiger partial charge in [-0.1, -0.05) is 86.3 Å². The molecule has 4 rings (SSSR count). The molecular formula is C28H30F2Zr. The van der Waals surface area contributed by atoms with E-state index >= 15 is 0 Å². The van der Waals surface area contributed by atoms with E-state index in [1.807, 2.05) is 0 Å². The van der Waals surface area contributed by atoms with Gasteiger partial charge >= 0.3 is 26.2 Å². The average Bonchev–Trinajstić information content (AvgIpc) is 3.45. The smallest absolute Gasteiger partial charge is 1.00 e. The van der Waals surface area contributed by atoms with Gasteiger partial charge in [-0.15, -0.1) is 0 Å². The largest absolute Gasteiger partial charge is 4.00 e. The van der Waals surface area contributed by atoms with Crippen molar-refractivity contribution in [1.29, 1.82) is 0 Å². The third kappa shape index (κ3) is 11.7. The van der Waals surface area contributed by atoms with Crippen molar-refractivity contribution in [1.82, 2.24) is 0 Å². The third-order valence-corrected chi connectivity index (χ3v) is 5.01. The molecular weight excluding hydrogens is 466 g/mol. The molecule has 0 unspecified atom stereocenters. The van der Waals surface area contributed by atoms with Gasteiger partial charge in [0.15, 0.2) is 0 Å². The van der Waals surface area contributed by atoms with Gasteiger partial charge in [0, 0.05) is 0 Å². The predicted molar refractivity (Wildman–Crippen MR) is 121 cm³/mol. The molecule has 0 nitrogen and oxygen atoms in total. The first-order chi connectivity index (χ1) is 13.9. The van der Waals surface area contributed by atoms with E-state index in [4.69, 9.17) is 0 Å². The fraction of sp³-hybridized carbons (Fsp3) is 0.214. The monoisotopic (exact) mass is 494 g/mol. The van der Waals surface area contributed by atoms with Crippen LogP contribution in [0.3, 0.4) is 0 Å². The summed E-state index contributed by atoms with van der Waals surface area (Å²) in [4.78, 5) is 0. The van der Waals surface area contributed by atoms with Crippen LogP contribution in [0.4, 0.5) is 0 Å². The van der Waals surface area contributed by atoms with Crippen LogP contribution in [-0.2, 0) is 51.9 Å². The van der Waals surface area contributed by atoms with Crippen LogP contribution in [0, 0.1) is 0 Å². The first-order valence-corrected chi connectivity index (χ1v) is 10.4. The normalized spacial score (nSPS) is 9.29. The van der Waals surface area contributed by atoms with Gasteiger partial charge in [0.25, 0.3) is 0 Å². The molecule has 0 fully saturated rings. The minimum Gasteiger partial charge on any atom is -1.00 e. The van der Waals surface area contributed by atoms with Crippen LogP contribution >= 0.6 is 0 Å². The number of benzene rings is 2. The molecule has 4 aromatic carbocycles. The molecule has 0 amide bonds. The van der Waals surface area contributed by atoms with Crippen molar-refractivity contribution in [3.8, 4) is 0 Å². The van der Waals surface area contributed by atoms with E-state index in [2.05, 4.69) is 109 Å². The first kappa shape index (κ1) is 28.9. The number of hydrogen-bond acceptors (Lipinski definition) is 0. The second-order valence-electron chi connectivity index (χ2n) is 7.26. The van der Waals surface area contributed by atoms with E-state index in [0.717, 1.165) is 0 Å². The molecule has 0 saturated carbocycles. The summed E-state index contributed by atoms with van der Waals surface area (Å²) in [6.45, 7) is 0. The molecule has 0 aliphatic carbocycles. The Kier molecular flexibility index (Phi) is 16.4. The summed E-state index contributed by atoms with van der Waals surface area (Å²) in [6.07, 6.45) is 7.25. The maximum absolute atomic E-state index is 2.20. The Labute approximate surface area is 204 Å². The summed E-state index contributed by atoms with van der Waals surface area (Å²) in [6, 6.07) is 38.6. The fourth-order valence-corrected chi connectivity index (χ4v) is 3.44. The number of halogens is 2. The Hall–Kier alpha value is -2.12. The van der Waals surface area contributed by atoms with Crippen LogP contribution < -0.4 is 9.41 Å². The summed E-state index contributed by atoms with van der Waals surface area (Å²) in [7, 11) is 0. The van der Waals surface area contributed by atoms with Gasteiger partial charge in [0.2, 0.25) is 0 Å². The maximum Gasteiger partial charge on any atom is 4.00 e. The van der Waals surface area contributed by atoms with Gasteiger partial charge in [-0.2, -0.15) is 35.4 Å². The molecule has 0 aromatic heterocycles. The van der Waals surface area contributed by atoms with Crippen LogP contribution in [0.25, 0.3) is 0 Å². The van der Waals surface area contributed by atoms with Crippen molar-refractivity contribution < 1.29 is 35.6 Å². The number of rotatable bonds is 8. The molecule has 0 N–H and O–H groups in total. The van der Waals surface area contributed by atoms with Crippen molar-refractivity contribution in [3.05, 3.63) is 131 Å². The quantitative estimate of drug-likeness (QED) is 0.322. The molecule has 31 heavy (non-hydrogen) atoms. The Morgan fingerprint density at radius 1 is 0.452 bits per heavy atom. The second kappa shape index (κ2) is 17.6. The van der Waals surface area contributed by atoms with Gasteiger partial charge in [-0.25, -0.2) is 24.3 Å². The van der Waals surface area contributed by atoms with Gasteiger partial charge < -0.3 is 9.41 Å². The van der Waals surface area contributed by atoms with Crippen LogP contribution in [-0.4, -0.2) is 0 Å². The van der Waals surface area contributed by atoms with Crippen LogP contribution in [0.15, 0.2) is 109 Å². The van der Waals surface area contributed by atoms with Crippen LogP contribution in [0.1, 0.15) is 35.1 Å². The summed E-state index contributed by atoms with van der Waals surface area (Å²) >= 11 is 0. The van der Waals surface area contributed by atoms with E-state index in [1.165, 1.54) is 60.8 Å². The van der Waals surface area contributed by atoms with Gasteiger partial charge in [-0.05, 0) is 24.0 Å². The van der Waals surface area contributed by atoms with Crippen molar-refractivity contribution in [2.24, 2.45) is 0 Å². The topological polar surface area (TPSA) is 0 Å². The molecule has 0 heterocycles. The average molecular weight is 496 g/mol. The standard InChI is InChI=1S/2C14H15.2FH.Zr/c2*1-2-7-13(8-3-1)11-6-12-14-9-4-5-10-14;;;/h2*1-5,7-10H,6,11-12H2;2*1H;/q2*-1;;;+4/p-2. The van der Waals surface area contributed by atoms with Crippen molar-refractivity contribution in [2.45, 2.75) is 38.5 Å². The van der Waals surface area contributed by atoms with E-state index in [-0.39, 0.29) is 35.6 Å². The van der Waals surface area contributed by atoms with Gasteiger partial charge in [0.1, 0.15) is 0 Å². The zero-order valence-electron chi connectivity index (χ0n) is 17.9. The van der Waals surface area contributed by atoms with Crippen LogP contribution in [0.2, 0.25) is 0 Å². The predicted octanol–water partition coefficient (Wildman–Crippen LogP) is 1.17. The van der Waals surface area contributed by atoms with Gasteiger partial charge in [0.05, 0.1) is 0 Å². The molecule has 0 aliphatic rings. The fourth-order valence-electron chi connectivity index (χ4n) is 3.44. The summed E-state index contributed by atoms with van der Waals surface area (Å²) < 4.78 is 0. The minimum atomic E-state index is 0. The SMILES string of the molecule is [F-].[F-].[Zr+4].c1ccc(CCC[c-]2cccc2)cc1.c1ccc(CCC[c-]2cccc2)cc1. The Bertz CT molecular complexity index is 778. The molecule has 0 radical (unpaired) electrons. The number of hydrogen-bond donors (Lipinski definition) is 0. The Balaban J connectivity index is 0.000000529. The molecule has 0 aliphatic heterocycles.